The SMILES string of the molecule is N/C(=C\N(N)[C@@H](CC(=O)NO)Cc1ccc2ccccc2c1)CNSc1ccc(-c2ccccc2)s1. The van der Waals surface area contributed by atoms with Crippen molar-refractivity contribution in [3.05, 3.63) is 102 Å². The Morgan fingerprint density at radius 1 is 1.03 bits per heavy atom. The summed E-state index contributed by atoms with van der Waals surface area (Å²) in [6.07, 6.45) is 2.16. The quantitative estimate of drug-likeness (QED) is 0.0848. The second-order valence-electron chi connectivity index (χ2n) is 8.34. The number of hydrazine groups is 1. The molecule has 4 rings (SSSR count). The molecular weight excluding hydrogens is 490 g/mol. The Morgan fingerprint density at radius 2 is 1.78 bits per heavy atom. The maximum Gasteiger partial charge on any atom is 0.245 e. The van der Waals surface area contributed by atoms with E-state index in [-0.39, 0.29) is 6.42 Å². The zero-order valence-corrected chi connectivity index (χ0v) is 21.3. The lowest BCUT2D eigenvalue weighted by molar-refractivity contribution is -0.130. The average molecular weight is 520 g/mol. The number of rotatable bonds is 11. The molecule has 0 saturated heterocycles. The predicted molar refractivity (Wildman–Crippen MR) is 148 cm³/mol. The van der Waals surface area contributed by atoms with E-state index in [1.165, 1.54) is 27.4 Å². The number of fused-ring (bicyclic) bond motifs is 1. The van der Waals surface area contributed by atoms with Gasteiger partial charge in [-0.05, 0) is 52.4 Å². The first-order valence-electron chi connectivity index (χ1n) is 11.5. The summed E-state index contributed by atoms with van der Waals surface area (Å²) in [7, 11) is 0. The summed E-state index contributed by atoms with van der Waals surface area (Å²) in [4.78, 5) is 13.1. The summed E-state index contributed by atoms with van der Waals surface area (Å²) >= 11 is 3.21. The Kier molecular flexibility index (Phi) is 8.99. The van der Waals surface area contributed by atoms with Gasteiger partial charge in [-0.1, -0.05) is 72.8 Å². The molecule has 0 bridgehead atoms. The fourth-order valence-electron chi connectivity index (χ4n) is 3.85. The number of thiophene rings is 1. The van der Waals surface area contributed by atoms with Crippen molar-refractivity contribution < 1.29 is 10.0 Å². The number of hydroxylamine groups is 1. The second kappa shape index (κ2) is 12.6. The molecule has 36 heavy (non-hydrogen) atoms. The highest BCUT2D eigenvalue weighted by molar-refractivity contribution is 7.99. The molecule has 186 valence electrons. The van der Waals surface area contributed by atoms with Crippen molar-refractivity contribution in [1.82, 2.24) is 15.2 Å². The van der Waals surface area contributed by atoms with Crippen molar-refractivity contribution in [3.63, 3.8) is 0 Å². The standard InChI is InChI=1S/C27H29N5O2S2/c28-23(17-30-36-27-13-12-25(35-27)21-7-2-1-3-8-21)18-32(29)24(16-26(33)31-34)15-19-10-11-20-6-4-5-9-22(20)14-19/h1-14,18,24,30,34H,15-17,28-29H2,(H,31,33)/b23-18-/t24-/m1/s1. The van der Waals surface area contributed by atoms with Gasteiger partial charge < -0.3 is 10.7 Å². The Hall–Kier alpha value is -3.34. The molecule has 3 aromatic carbocycles. The molecule has 9 heteroatoms. The third kappa shape index (κ3) is 7.09. The molecule has 0 saturated carbocycles. The van der Waals surface area contributed by atoms with Crippen LogP contribution in [0.25, 0.3) is 21.2 Å². The van der Waals surface area contributed by atoms with Crippen LogP contribution in [0.3, 0.4) is 0 Å². The van der Waals surface area contributed by atoms with Crippen molar-refractivity contribution in [2.75, 3.05) is 6.54 Å². The van der Waals surface area contributed by atoms with Crippen LogP contribution in [0.2, 0.25) is 0 Å². The molecule has 4 aromatic rings. The van der Waals surface area contributed by atoms with Crippen molar-refractivity contribution in [3.8, 4) is 10.4 Å². The van der Waals surface area contributed by atoms with Crippen LogP contribution < -0.4 is 21.8 Å². The van der Waals surface area contributed by atoms with Gasteiger partial charge in [-0.3, -0.25) is 14.7 Å². The van der Waals surface area contributed by atoms with E-state index in [1.807, 2.05) is 48.5 Å². The summed E-state index contributed by atoms with van der Waals surface area (Å²) in [5.41, 5.74) is 10.7. The fourth-order valence-corrected chi connectivity index (χ4v) is 5.72. The lowest BCUT2D eigenvalue weighted by atomic mass is 9.99. The van der Waals surface area contributed by atoms with Gasteiger partial charge in [0.1, 0.15) is 0 Å². The van der Waals surface area contributed by atoms with Gasteiger partial charge >= 0.3 is 0 Å². The first-order chi connectivity index (χ1) is 17.5. The van der Waals surface area contributed by atoms with E-state index in [2.05, 4.69) is 41.1 Å². The van der Waals surface area contributed by atoms with Crippen LogP contribution in [0.5, 0.6) is 0 Å². The summed E-state index contributed by atoms with van der Waals surface area (Å²) in [5.74, 6) is 5.81. The highest BCUT2D eigenvalue weighted by Gasteiger charge is 2.19. The molecule has 0 unspecified atom stereocenters. The number of benzene rings is 3. The molecule has 1 heterocycles. The Labute approximate surface area is 218 Å². The minimum atomic E-state index is -0.510. The van der Waals surface area contributed by atoms with Crippen molar-refractivity contribution in [2.24, 2.45) is 11.6 Å². The number of carbonyl (C=O) groups excluding carboxylic acids is 1. The van der Waals surface area contributed by atoms with Gasteiger partial charge in [0, 0.05) is 23.3 Å². The van der Waals surface area contributed by atoms with Crippen molar-refractivity contribution in [2.45, 2.75) is 23.1 Å². The van der Waals surface area contributed by atoms with Crippen LogP contribution in [0.1, 0.15) is 12.0 Å². The van der Waals surface area contributed by atoms with Crippen LogP contribution >= 0.6 is 23.3 Å². The zero-order chi connectivity index (χ0) is 25.3. The van der Waals surface area contributed by atoms with Gasteiger partial charge in [-0.15, -0.1) is 11.3 Å². The summed E-state index contributed by atoms with van der Waals surface area (Å²) in [5, 5.41) is 12.8. The molecule has 0 spiro atoms. The smallest absolute Gasteiger partial charge is 0.245 e. The first kappa shape index (κ1) is 25.7. The van der Waals surface area contributed by atoms with Crippen molar-refractivity contribution >= 4 is 40.0 Å². The number of nitrogens with two attached hydrogens (primary N) is 2. The Balaban J connectivity index is 1.36. The van der Waals surface area contributed by atoms with Crippen LogP contribution in [-0.2, 0) is 11.2 Å². The molecule has 7 nitrogen and oxygen atoms in total. The van der Waals surface area contributed by atoms with E-state index < -0.39 is 11.9 Å². The topological polar surface area (TPSA) is 117 Å². The molecule has 0 aliphatic heterocycles. The molecule has 7 N–H and O–H groups in total. The van der Waals surface area contributed by atoms with E-state index in [0.717, 1.165) is 20.5 Å². The predicted octanol–water partition coefficient (Wildman–Crippen LogP) is 4.65. The molecule has 0 fully saturated rings. The average Bonchev–Trinajstić information content (AvgIpc) is 3.37. The minimum absolute atomic E-state index is 0.0171. The third-order valence-electron chi connectivity index (χ3n) is 5.66. The van der Waals surface area contributed by atoms with E-state index in [1.54, 1.807) is 23.0 Å². The number of hydrogen-bond acceptors (Lipinski definition) is 8. The normalized spacial score (nSPS) is 12.4. The maximum atomic E-state index is 11.9. The molecular formula is C27H29N5O2S2. The zero-order valence-electron chi connectivity index (χ0n) is 19.6. The second-order valence-corrected chi connectivity index (χ2v) is 10.6. The Bertz CT molecular complexity index is 1330. The monoisotopic (exact) mass is 519 g/mol. The van der Waals surface area contributed by atoms with Crippen molar-refractivity contribution in [1.29, 1.82) is 0 Å². The van der Waals surface area contributed by atoms with Gasteiger partial charge in [0.25, 0.3) is 0 Å². The largest absolute Gasteiger partial charge is 0.400 e. The number of amides is 1. The maximum absolute atomic E-state index is 11.9. The molecule has 1 atom stereocenters. The van der Waals surface area contributed by atoms with Crippen LogP contribution in [-0.4, -0.2) is 28.7 Å². The first-order valence-corrected chi connectivity index (χ1v) is 13.1. The molecule has 0 radical (unpaired) electrons. The van der Waals surface area contributed by atoms with Gasteiger partial charge in [0.15, 0.2) is 0 Å². The summed E-state index contributed by atoms with van der Waals surface area (Å²) in [6, 6.07) is 28.3. The molecule has 1 amide bonds. The van der Waals surface area contributed by atoms with Crippen LogP contribution in [0.15, 0.2) is 101 Å². The molecule has 0 aliphatic carbocycles. The minimum Gasteiger partial charge on any atom is -0.400 e. The van der Waals surface area contributed by atoms with Gasteiger partial charge in [-0.2, -0.15) is 0 Å². The van der Waals surface area contributed by atoms with E-state index in [4.69, 9.17) is 16.8 Å². The van der Waals surface area contributed by atoms with Crippen LogP contribution in [0, 0.1) is 0 Å². The van der Waals surface area contributed by atoms with E-state index in [0.29, 0.717) is 18.7 Å². The third-order valence-corrected chi connectivity index (χ3v) is 7.71. The van der Waals surface area contributed by atoms with Gasteiger partial charge in [0.05, 0.1) is 16.7 Å². The highest BCUT2D eigenvalue weighted by Crippen LogP contribution is 2.32. The van der Waals surface area contributed by atoms with E-state index >= 15 is 0 Å². The summed E-state index contributed by atoms with van der Waals surface area (Å²) < 4.78 is 4.39. The van der Waals surface area contributed by atoms with Gasteiger partial charge in [-0.25, -0.2) is 11.3 Å². The lowest BCUT2D eigenvalue weighted by Gasteiger charge is -2.26. The van der Waals surface area contributed by atoms with Gasteiger partial charge in [0.2, 0.25) is 5.91 Å². The highest BCUT2D eigenvalue weighted by atomic mass is 32.2. The van der Waals surface area contributed by atoms with E-state index in [9.17, 15) is 4.79 Å². The number of nitrogens with one attached hydrogen (secondary N) is 2. The number of nitrogens with zero attached hydrogens (tertiary/aromatic N) is 1. The molecule has 0 aliphatic rings. The summed E-state index contributed by atoms with van der Waals surface area (Å²) in [6.45, 7) is 0.409. The Morgan fingerprint density at radius 3 is 2.56 bits per heavy atom. The number of carbonyl (C=O) groups is 1. The fraction of sp³-hybridized carbons (Fsp3) is 0.148. The molecule has 1 aromatic heterocycles. The lowest BCUT2D eigenvalue weighted by Crippen LogP contribution is -2.42. The number of hydrogen-bond donors (Lipinski definition) is 5. The van der Waals surface area contributed by atoms with Crippen LogP contribution in [0.4, 0.5) is 0 Å².